The van der Waals surface area contributed by atoms with Crippen LogP contribution < -0.4 is 10.6 Å². The van der Waals surface area contributed by atoms with Crippen molar-refractivity contribution in [2.75, 3.05) is 13.2 Å². The van der Waals surface area contributed by atoms with Crippen molar-refractivity contribution < 1.29 is 19.2 Å². The van der Waals surface area contributed by atoms with Gasteiger partial charge in [-0.1, -0.05) is 35.7 Å². The fourth-order valence-electron chi connectivity index (χ4n) is 4.26. The van der Waals surface area contributed by atoms with Crippen LogP contribution in [0.3, 0.4) is 0 Å². The number of ether oxygens (including phenoxy) is 1. The summed E-state index contributed by atoms with van der Waals surface area (Å²) in [7, 11) is 0. The minimum absolute atomic E-state index is 0.151. The van der Waals surface area contributed by atoms with E-state index in [2.05, 4.69) is 15.8 Å². The van der Waals surface area contributed by atoms with E-state index < -0.39 is 5.60 Å². The Morgan fingerprint density at radius 2 is 1.96 bits per heavy atom. The maximum Gasteiger partial charge on any atom is 0.269 e. The zero-order chi connectivity index (χ0) is 19.6. The summed E-state index contributed by atoms with van der Waals surface area (Å²) in [5, 5.41) is 10.2. The molecular formula is C21H27N3O4. The van der Waals surface area contributed by atoms with Gasteiger partial charge in [-0.3, -0.25) is 9.59 Å². The zero-order valence-corrected chi connectivity index (χ0v) is 16.2. The van der Waals surface area contributed by atoms with Crippen molar-refractivity contribution in [2.24, 2.45) is 5.16 Å². The smallest absolute Gasteiger partial charge is 0.269 e. The molecule has 28 heavy (non-hydrogen) atoms. The molecule has 1 aromatic rings. The molecule has 2 fully saturated rings. The summed E-state index contributed by atoms with van der Waals surface area (Å²) in [5.41, 5.74) is 1.20. The Hall–Kier alpha value is -2.41. The van der Waals surface area contributed by atoms with Crippen molar-refractivity contribution >= 4 is 17.5 Å². The lowest BCUT2D eigenvalue weighted by Crippen LogP contribution is -2.59. The first kappa shape index (κ1) is 18.9. The molecular weight excluding hydrogens is 358 g/mol. The number of rotatable bonds is 4. The molecule has 150 valence electrons. The Balaban J connectivity index is 1.42. The molecule has 0 aromatic heterocycles. The third-order valence-electron chi connectivity index (χ3n) is 5.87. The predicted octanol–water partition coefficient (Wildman–Crippen LogP) is 2.09. The van der Waals surface area contributed by atoms with Crippen LogP contribution in [0, 0.1) is 6.92 Å². The van der Waals surface area contributed by atoms with Crippen LogP contribution in [-0.4, -0.2) is 48.4 Å². The summed E-state index contributed by atoms with van der Waals surface area (Å²) in [4.78, 5) is 31.0. The summed E-state index contributed by atoms with van der Waals surface area (Å²) >= 11 is 0. The molecule has 1 aromatic carbocycles. The van der Waals surface area contributed by atoms with Gasteiger partial charge < -0.3 is 20.2 Å². The van der Waals surface area contributed by atoms with Crippen LogP contribution in [0.15, 0.2) is 29.4 Å². The Kier molecular flexibility index (Phi) is 5.35. The zero-order valence-electron chi connectivity index (χ0n) is 16.2. The van der Waals surface area contributed by atoms with Crippen molar-refractivity contribution in [3.8, 4) is 0 Å². The molecule has 2 heterocycles. The third-order valence-corrected chi connectivity index (χ3v) is 5.87. The molecule has 3 aliphatic rings. The molecule has 1 saturated heterocycles. The molecule has 2 atom stereocenters. The number of oxime groups is 1. The minimum Gasteiger partial charge on any atom is -0.384 e. The van der Waals surface area contributed by atoms with Crippen molar-refractivity contribution in [1.29, 1.82) is 0 Å². The van der Waals surface area contributed by atoms with Crippen LogP contribution >= 0.6 is 0 Å². The van der Waals surface area contributed by atoms with Crippen molar-refractivity contribution in [2.45, 2.75) is 63.1 Å². The average Bonchev–Trinajstić information content (AvgIpc) is 3.34. The lowest BCUT2D eigenvalue weighted by atomic mass is 9.85. The summed E-state index contributed by atoms with van der Waals surface area (Å²) in [6.45, 7) is 2.79. The van der Waals surface area contributed by atoms with Gasteiger partial charge in [0.15, 0.2) is 5.60 Å². The lowest BCUT2D eigenvalue weighted by molar-refractivity contribution is -0.128. The number of benzene rings is 1. The fourth-order valence-corrected chi connectivity index (χ4v) is 4.26. The highest BCUT2D eigenvalue weighted by Crippen LogP contribution is 2.33. The van der Waals surface area contributed by atoms with Crippen molar-refractivity contribution in [1.82, 2.24) is 10.6 Å². The molecule has 2 amide bonds. The van der Waals surface area contributed by atoms with E-state index in [0.29, 0.717) is 37.3 Å². The maximum atomic E-state index is 12.7. The Morgan fingerprint density at radius 3 is 2.75 bits per heavy atom. The number of carbonyl (C=O) groups is 2. The third kappa shape index (κ3) is 3.90. The van der Waals surface area contributed by atoms with Gasteiger partial charge in [0, 0.05) is 24.6 Å². The van der Waals surface area contributed by atoms with Gasteiger partial charge in [0.1, 0.15) is 5.71 Å². The lowest BCUT2D eigenvalue weighted by Gasteiger charge is -2.38. The topological polar surface area (TPSA) is 89.0 Å². The van der Waals surface area contributed by atoms with Crippen molar-refractivity contribution in [3.63, 3.8) is 0 Å². The molecule has 2 aliphatic heterocycles. The second kappa shape index (κ2) is 7.91. The van der Waals surface area contributed by atoms with Crippen LogP contribution in [0.5, 0.6) is 0 Å². The van der Waals surface area contributed by atoms with Gasteiger partial charge in [-0.15, -0.1) is 0 Å². The molecule has 1 saturated carbocycles. The standard InChI is InChI=1S/C21H27N3O4/c1-14-5-4-6-15(11-14)19(25)23-18-9-10-27-13-21(18)12-17(24-28-21)20(26)22-16-7-2-3-8-16/h4-6,11,16,18H,2-3,7-10,12-13H2,1H3,(H,22,26)(H,23,25)/t18-,21-/m1/s1. The van der Waals surface area contributed by atoms with Gasteiger partial charge in [-0.2, -0.15) is 0 Å². The molecule has 1 spiro atoms. The number of hydrogen-bond donors (Lipinski definition) is 2. The van der Waals surface area contributed by atoms with Gasteiger partial charge in [0.05, 0.1) is 12.6 Å². The summed E-state index contributed by atoms with van der Waals surface area (Å²) in [6.07, 6.45) is 5.29. The highest BCUT2D eigenvalue weighted by Gasteiger charge is 2.50. The van der Waals surface area contributed by atoms with Gasteiger partial charge >= 0.3 is 0 Å². The normalized spacial score (nSPS) is 27.3. The summed E-state index contributed by atoms with van der Waals surface area (Å²) in [6, 6.07) is 7.43. The Labute approximate surface area is 164 Å². The van der Waals surface area contributed by atoms with Gasteiger partial charge in [-0.05, 0) is 38.3 Å². The molecule has 0 radical (unpaired) electrons. The van der Waals surface area contributed by atoms with E-state index in [4.69, 9.17) is 9.57 Å². The second-order valence-electron chi connectivity index (χ2n) is 8.06. The molecule has 4 rings (SSSR count). The maximum absolute atomic E-state index is 12.7. The molecule has 7 heteroatoms. The number of carbonyl (C=O) groups excluding carboxylic acids is 2. The highest BCUT2D eigenvalue weighted by molar-refractivity contribution is 6.39. The molecule has 7 nitrogen and oxygen atoms in total. The highest BCUT2D eigenvalue weighted by atomic mass is 16.7. The van der Waals surface area contributed by atoms with Crippen LogP contribution in [0.2, 0.25) is 0 Å². The summed E-state index contributed by atoms with van der Waals surface area (Å²) < 4.78 is 5.62. The Morgan fingerprint density at radius 1 is 1.14 bits per heavy atom. The first-order valence-corrected chi connectivity index (χ1v) is 10.1. The van der Waals surface area contributed by atoms with Crippen LogP contribution in [-0.2, 0) is 14.4 Å². The first-order valence-electron chi connectivity index (χ1n) is 10.1. The number of nitrogens with zero attached hydrogens (tertiary/aromatic N) is 1. The second-order valence-corrected chi connectivity index (χ2v) is 8.06. The molecule has 1 aliphatic carbocycles. The number of amides is 2. The molecule has 2 N–H and O–H groups in total. The Bertz CT molecular complexity index is 788. The molecule has 0 bridgehead atoms. The largest absolute Gasteiger partial charge is 0.384 e. The first-order chi connectivity index (χ1) is 13.6. The van der Waals surface area contributed by atoms with E-state index in [1.807, 2.05) is 25.1 Å². The average molecular weight is 385 g/mol. The van der Waals surface area contributed by atoms with Gasteiger partial charge in [0.2, 0.25) is 0 Å². The van der Waals surface area contributed by atoms with Gasteiger partial charge in [-0.25, -0.2) is 0 Å². The van der Waals surface area contributed by atoms with E-state index >= 15 is 0 Å². The number of nitrogens with one attached hydrogen (secondary N) is 2. The number of hydrogen-bond acceptors (Lipinski definition) is 5. The van der Waals surface area contributed by atoms with Crippen LogP contribution in [0.1, 0.15) is 54.4 Å². The van der Waals surface area contributed by atoms with Gasteiger partial charge in [0.25, 0.3) is 11.8 Å². The minimum atomic E-state index is -0.819. The SMILES string of the molecule is Cc1cccc(C(=O)N[C@@H]2CCOC[C@]23CC(C(=O)NC2CCCC2)=NO3)c1. The monoisotopic (exact) mass is 385 g/mol. The number of aryl methyl sites for hydroxylation is 1. The van der Waals surface area contributed by atoms with E-state index in [1.165, 1.54) is 0 Å². The quantitative estimate of drug-likeness (QED) is 0.831. The van der Waals surface area contributed by atoms with E-state index in [0.717, 1.165) is 31.2 Å². The van der Waals surface area contributed by atoms with E-state index in [9.17, 15) is 9.59 Å². The van der Waals surface area contributed by atoms with Crippen molar-refractivity contribution in [3.05, 3.63) is 35.4 Å². The van der Waals surface area contributed by atoms with Crippen LogP contribution in [0.4, 0.5) is 0 Å². The van der Waals surface area contributed by atoms with E-state index in [-0.39, 0.29) is 23.9 Å². The fraction of sp³-hybridized carbons (Fsp3) is 0.571. The van der Waals surface area contributed by atoms with E-state index in [1.54, 1.807) is 6.07 Å². The predicted molar refractivity (Wildman–Crippen MR) is 104 cm³/mol. The molecule has 0 unspecified atom stereocenters. The van der Waals surface area contributed by atoms with Crippen LogP contribution in [0.25, 0.3) is 0 Å². The summed E-state index contributed by atoms with van der Waals surface area (Å²) in [5.74, 6) is -0.319.